The van der Waals surface area contributed by atoms with Gasteiger partial charge in [0.1, 0.15) is 0 Å². The first-order chi connectivity index (χ1) is 14.5. The fourth-order valence-corrected chi connectivity index (χ4v) is 3.60. The van der Waals surface area contributed by atoms with Crippen LogP contribution in [-0.4, -0.2) is 44.8 Å². The van der Waals surface area contributed by atoms with Gasteiger partial charge in [-0.3, -0.25) is 4.79 Å². The molecular weight excluding hydrogens is 382 g/mol. The van der Waals surface area contributed by atoms with Crippen LogP contribution in [0.5, 0.6) is 11.5 Å². The SMILES string of the molecule is COc1ccc(N2C[C@H](NC(=O)N[C@@H](C)CCc3ccccc3)CC2=O)cc1OC. The fraction of sp³-hybridized carbons (Fsp3) is 0.391. The van der Waals surface area contributed by atoms with E-state index in [-0.39, 0.29) is 30.4 Å². The van der Waals surface area contributed by atoms with Gasteiger partial charge < -0.3 is 25.0 Å². The minimum atomic E-state index is -0.248. The summed E-state index contributed by atoms with van der Waals surface area (Å²) >= 11 is 0. The van der Waals surface area contributed by atoms with E-state index in [1.807, 2.05) is 31.2 Å². The molecule has 7 heteroatoms. The molecule has 0 saturated carbocycles. The summed E-state index contributed by atoms with van der Waals surface area (Å²) < 4.78 is 10.6. The van der Waals surface area contributed by atoms with Crippen molar-refractivity contribution in [3.8, 4) is 11.5 Å². The average Bonchev–Trinajstić information content (AvgIpc) is 3.12. The van der Waals surface area contributed by atoms with Crippen molar-refractivity contribution >= 4 is 17.6 Å². The van der Waals surface area contributed by atoms with Crippen molar-refractivity contribution in [2.75, 3.05) is 25.7 Å². The third kappa shape index (κ3) is 5.43. The molecule has 0 bridgehead atoms. The van der Waals surface area contributed by atoms with Gasteiger partial charge in [-0.25, -0.2) is 4.79 Å². The molecule has 0 unspecified atom stereocenters. The summed E-state index contributed by atoms with van der Waals surface area (Å²) in [4.78, 5) is 26.5. The second-order valence-electron chi connectivity index (χ2n) is 7.49. The number of carbonyl (C=O) groups is 2. The molecule has 0 radical (unpaired) electrons. The lowest BCUT2D eigenvalue weighted by Gasteiger charge is -2.20. The van der Waals surface area contributed by atoms with Crippen LogP contribution in [-0.2, 0) is 11.2 Å². The summed E-state index contributed by atoms with van der Waals surface area (Å²) in [5, 5.41) is 5.88. The number of aryl methyl sites for hydroxylation is 1. The molecule has 1 aliphatic rings. The quantitative estimate of drug-likeness (QED) is 0.699. The van der Waals surface area contributed by atoms with Crippen LogP contribution in [0.3, 0.4) is 0 Å². The number of nitrogens with one attached hydrogen (secondary N) is 2. The minimum absolute atomic E-state index is 0.0317. The second kappa shape index (κ2) is 10.0. The molecule has 0 aromatic heterocycles. The van der Waals surface area contributed by atoms with E-state index in [1.165, 1.54) is 5.56 Å². The summed E-state index contributed by atoms with van der Waals surface area (Å²) in [5.41, 5.74) is 1.97. The van der Waals surface area contributed by atoms with Crippen LogP contribution < -0.4 is 25.0 Å². The third-order valence-electron chi connectivity index (χ3n) is 5.23. The maximum atomic E-state index is 12.5. The molecule has 2 atom stereocenters. The molecule has 2 aromatic carbocycles. The highest BCUT2D eigenvalue weighted by molar-refractivity contribution is 5.97. The smallest absolute Gasteiger partial charge is 0.315 e. The predicted molar refractivity (Wildman–Crippen MR) is 116 cm³/mol. The Morgan fingerprint density at radius 1 is 1.13 bits per heavy atom. The van der Waals surface area contributed by atoms with Crippen LogP contribution in [0.1, 0.15) is 25.3 Å². The second-order valence-corrected chi connectivity index (χ2v) is 7.49. The van der Waals surface area contributed by atoms with Gasteiger partial charge >= 0.3 is 6.03 Å². The first-order valence-electron chi connectivity index (χ1n) is 10.1. The number of hydrogen-bond donors (Lipinski definition) is 2. The van der Waals surface area contributed by atoms with Crippen LogP contribution in [0, 0.1) is 0 Å². The number of rotatable bonds is 8. The van der Waals surface area contributed by atoms with E-state index in [2.05, 4.69) is 22.8 Å². The summed E-state index contributed by atoms with van der Waals surface area (Å²) in [5.74, 6) is 1.13. The Hall–Kier alpha value is -3.22. The Morgan fingerprint density at radius 3 is 2.57 bits per heavy atom. The lowest BCUT2D eigenvalue weighted by molar-refractivity contribution is -0.117. The zero-order valence-electron chi connectivity index (χ0n) is 17.7. The molecule has 7 nitrogen and oxygen atoms in total. The standard InChI is InChI=1S/C23H29N3O4/c1-16(9-10-17-7-5-4-6-8-17)24-23(28)25-18-13-22(27)26(15-18)19-11-12-20(29-2)21(14-19)30-3/h4-8,11-12,14,16,18H,9-10,13,15H2,1-3H3,(H2,24,25,28)/t16-,18+/m0/s1. The zero-order chi connectivity index (χ0) is 21.5. The normalized spacial score (nSPS) is 16.8. The van der Waals surface area contributed by atoms with E-state index in [1.54, 1.807) is 31.3 Å². The Bertz CT molecular complexity index is 872. The van der Waals surface area contributed by atoms with E-state index in [0.29, 0.717) is 18.0 Å². The highest BCUT2D eigenvalue weighted by Crippen LogP contribution is 2.33. The van der Waals surface area contributed by atoms with Crippen molar-refractivity contribution in [3.05, 3.63) is 54.1 Å². The molecule has 30 heavy (non-hydrogen) atoms. The van der Waals surface area contributed by atoms with Crippen molar-refractivity contribution in [1.29, 1.82) is 0 Å². The average molecular weight is 412 g/mol. The van der Waals surface area contributed by atoms with Gasteiger partial charge in [0.15, 0.2) is 11.5 Å². The summed E-state index contributed by atoms with van der Waals surface area (Å²) in [6, 6.07) is 15.1. The lowest BCUT2D eigenvalue weighted by atomic mass is 10.1. The van der Waals surface area contributed by atoms with Gasteiger partial charge in [0.05, 0.1) is 20.3 Å². The van der Waals surface area contributed by atoms with E-state index < -0.39 is 0 Å². The number of benzene rings is 2. The van der Waals surface area contributed by atoms with E-state index in [0.717, 1.165) is 18.5 Å². The van der Waals surface area contributed by atoms with E-state index >= 15 is 0 Å². The number of amides is 3. The zero-order valence-corrected chi connectivity index (χ0v) is 17.7. The monoisotopic (exact) mass is 411 g/mol. The molecule has 1 heterocycles. The molecule has 0 aliphatic carbocycles. The number of nitrogens with zero attached hydrogens (tertiary/aromatic N) is 1. The number of urea groups is 1. The maximum absolute atomic E-state index is 12.5. The van der Waals surface area contributed by atoms with Crippen LogP contribution in [0.25, 0.3) is 0 Å². The Morgan fingerprint density at radius 2 is 1.87 bits per heavy atom. The van der Waals surface area contributed by atoms with Gasteiger partial charge in [-0.1, -0.05) is 30.3 Å². The van der Waals surface area contributed by atoms with Gasteiger partial charge in [-0.2, -0.15) is 0 Å². The molecule has 1 fully saturated rings. The van der Waals surface area contributed by atoms with Gasteiger partial charge in [-0.05, 0) is 37.5 Å². The minimum Gasteiger partial charge on any atom is -0.493 e. The van der Waals surface area contributed by atoms with Crippen molar-refractivity contribution in [3.63, 3.8) is 0 Å². The van der Waals surface area contributed by atoms with Gasteiger partial charge in [-0.15, -0.1) is 0 Å². The van der Waals surface area contributed by atoms with E-state index in [4.69, 9.17) is 9.47 Å². The van der Waals surface area contributed by atoms with Crippen molar-refractivity contribution in [1.82, 2.24) is 10.6 Å². The molecular formula is C23H29N3O4. The van der Waals surface area contributed by atoms with Crippen molar-refractivity contribution in [2.24, 2.45) is 0 Å². The van der Waals surface area contributed by atoms with Gasteiger partial charge in [0.25, 0.3) is 0 Å². The number of methoxy groups -OCH3 is 2. The summed E-state index contributed by atoms with van der Waals surface area (Å²) in [6.45, 7) is 2.40. The number of carbonyl (C=O) groups excluding carboxylic acids is 2. The molecule has 2 N–H and O–H groups in total. The third-order valence-corrected chi connectivity index (χ3v) is 5.23. The summed E-state index contributed by atoms with van der Waals surface area (Å²) in [6.07, 6.45) is 2.01. The van der Waals surface area contributed by atoms with Gasteiger partial charge in [0.2, 0.25) is 5.91 Å². The van der Waals surface area contributed by atoms with Crippen LogP contribution in [0.4, 0.5) is 10.5 Å². The highest BCUT2D eigenvalue weighted by Gasteiger charge is 2.32. The first-order valence-corrected chi connectivity index (χ1v) is 10.1. The van der Waals surface area contributed by atoms with Crippen molar-refractivity contribution in [2.45, 2.75) is 38.3 Å². The van der Waals surface area contributed by atoms with Gasteiger partial charge in [0, 0.05) is 30.8 Å². The van der Waals surface area contributed by atoms with E-state index in [9.17, 15) is 9.59 Å². The van der Waals surface area contributed by atoms with Crippen LogP contribution in [0.15, 0.2) is 48.5 Å². The predicted octanol–water partition coefficient (Wildman–Crippen LogP) is 3.13. The maximum Gasteiger partial charge on any atom is 0.315 e. The van der Waals surface area contributed by atoms with Crippen LogP contribution in [0.2, 0.25) is 0 Å². The molecule has 1 saturated heterocycles. The Labute approximate surface area is 177 Å². The Balaban J connectivity index is 1.50. The van der Waals surface area contributed by atoms with Crippen LogP contribution >= 0.6 is 0 Å². The highest BCUT2D eigenvalue weighted by atomic mass is 16.5. The molecule has 0 spiro atoms. The molecule has 1 aliphatic heterocycles. The fourth-order valence-electron chi connectivity index (χ4n) is 3.60. The molecule has 160 valence electrons. The number of hydrogen-bond acceptors (Lipinski definition) is 4. The first kappa shape index (κ1) is 21.5. The summed E-state index contributed by atoms with van der Waals surface area (Å²) in [7, 11) is 3.12. The largest absolute Gasteiger partial charge is 0.493 e. The number of ether oxygens (including phenoxy) is 2. The molecule has 2 aromatic rings. The lowest BCUT2D eigenvalue weighted by Crippen LogP contribution is -2.46. The molecule has 3 amide bonds. The molecule has 3 rings (SSSR count). The Kier molecular flexibility index (Phi) is 7.17. The van der Waals surface area contributed by atoms with Crippen molar-refractivity contribution < 1.29 is 19.1 Å². The number of anilines is 1. The topological polar surface area (TPSA) is 79.9 Å².